The molecule has 18 heavy (non-hydrogen) atoms. The van der Waals surface area contributed by atoms with Crippen LogP contribution in [0.1, 0.15) is 12.5 Å². The molecule has 0 amide bonds. The Labute approximate surface area is 119 Å². The molecule has 0 radical (unpaired) electrons. The molecule has 0 bridgehead atoms. The van der Waals surface area contributed by atoms with Gasteiger partial charge in [-0.1, -0.05) is 0 Å². The summed E-state index contributed by atoms with van der Waals surface area (Å²) in [6.45, 7) is 2.26. The van der Waals surface area contributed by atoms with Crippen LogP contribution in [0.3, 0.4) is 0 Å². The molecule has 0 aliphatic heterocycles. The van der Waals surface area contributed by atoms with Crippen molar-refractivity contribution < 1.29 is 24.0 Å². The zero-order valence-corrected chi connectivity index (χ0v) is 14.1. The summed E-state index contributed by atoms with van der Waals surface area (Å²) in [4.78, 5) is 4.03. The zero-order valence-electron chi connectivity index (χ0n) is 11.7. The fraction of sp³-hybridized carbons (Fsp3) is 0.615. The van der Waals surface area contributed by atoms with Crippen molar-refractivity contribution >= 4 is 11.8 Å². The van der Waals surface area contributed by atoms with E-state index in [-0.39, 0.29) is 0 Å². The summed E-state index contributed by atoms with van der Waals surface area (Å²) >= 11 is -0.433. The Hall–Kier alpha value is 0.134. The molecule has 0 aliphatic carbocycles. The van der Waals surface area contributed by atoms with E-state index >= 15 is 0 Å². The number of aryl methyl sites for hydroxylation is 1. The molecule has 1 rings (SSSR count). The first-order valence-electron chi connectivity index (χ1n) is 6.20. The van der Waals surface area contributed by atoms with E-state index in [9.17, 15) is 0 Å². The second kappa shape index (κ2) is 8.33. The van der Waals surface area contributed by atoms with Gasteiger partial charge in [-0.3, -0.25) is 0 Å². The number of pyridine rings is 1. The molecule has 0 N–H and O–H groups in total. The topological polar surface area (TPSA) is 31.4 Å². The monoisotopic (exact) mass is 305 g/mol. The van der Waals surface area contributed by atoms with Crippen LogP contribution in [-0.2, 0) is 30.4 Å². The van der Waals surface area contributed by atoms with E-state index < -0.39 is 17.4 Å². The molecular formula is C13H23NO2STi. The first-order chi connectivity index (χ1) is 8.59. The Morgan fingerprint density at radius 2 is 1.89 bits per heavy atom. The maximum atomic E-state index is 5.57. The van der Waals surface area contributed by atoms with Crippen LogP contribution in [0.5, 0.6) is 0 Å². The maximum absolute atomic E-state index is 5.57. The minimum atomic E-state index is -2.43. The second-order valence-electron chi connectivity index (χ2n) is 4.53. The first kappa shape index (κ1) is 16.2. The third kappa shape index (κ3) is 5.85. The number of aromatic nitrogens is 1. The number of nitrogens with zero attached hydrogens (tertiary/aromatic N) is 1. The normalized spacial score (nSPS) is 13.6. The molecule has 102 valence electrons. The molecule has 0 saturated heterocycles. The Balaban J connectivity index is 2.27. The minimum absolute atomic E-state index is 0.594. The number of thioether (sulfide) groups is 1. The predicted molar refractivity (Wildman–Crippen MR) is 74.6 cm³/mol. The fourth-order valence-corrected chi connectivity index (χ4v) is 6.84. The third-order valence-electron chi connectivity index (χ3n) is 3.06. The van der Waals surface area contributed by atoms with E-state index in [2.05, 4.69) is 29.3 Å². The van der Waals surface area contributed by atoms with Crippen molar-refractivity contribution in [3.63, 3.8) is 0 Å². The van der Waals surface area contributed by atoms with Crippen LogP contribution in [-0.4, -0.2) is 30.2 Å². The summed E-state index contributed by atoms with van der Waals surface area (Å²) in [6.07, 6.45) is 4.80. The van der Waals surface area contributed by atoms with E-state index in [1.807, 2.05) is 24.2 Å². The van der Waals surface area contributed by atoms with Crippen molar-refractivity contribution in [2.24, 2.45) is 0 Å². The summed E-state index contributed by atoms with van der Waals surface area (Å²) in [7, 11) is 3.55. The van der Waals surface area contributed by atoms with E-state index in [1.54, 1.807) is 14.2 Å². The average Bonchev–Trinajstić information content (AvgIpc) is 2.40. The average molecular weight is 305 g/mol. The molecule has 1 aromatic heterocycles. The number of hydrogen-bond donors (Lipinski definition) is 0. The van der Waals surface area contributed by atoms with E-state index in [4.69, 9.17) is 6.64 Å². The van der Waals surface area contributed by atoms with E-state index in [0.717, 1.165) is 16.9 Å². The molecule has 5 heteroatoms. The molecule has 1 heterocycles. The van der Waals surface area contributed by atoms with Crippen molar-refractivity contribution in [1.29, 1.82) is 0 Å². The summed E-state index contributed by atoms with van der Waals surface area (Å²) in [5.74, 6) is 1.14. The molecule has 3 nitrogen and oxygen atoms in total. The molecular weight excluding hydrogens is 282 g/mol. The van der Waals surface area contributed by atoms with Gasteiger partial charge in [0.15, 0.2) is 0 Å². The van der Waals surface area contributed by atoms with Gasteiger partial charge in [0.25, 0.3) is 0 Å². The number of rotatable bonds is 8. The molecule has 0 fully saturated rings. The third-order valence-corrected chi connectivity index (χ3v) is 9.51. The van der Waals surface area contributed by atoms with Gasteiger partial charge in [-0.15, -0.1) is 0 Å². The van der Waals surface area contributed by atoms with Gasteiger partial charge >= 0.3 is 119 Å². The molecule has 0 spiro atoms. The Morgan fingerprint density at radius 1 is 1.28 bits per heavy atom. The van der Waals surface area contributed by atoms with Crippen molar-refractivity contribution in [2.75, 3.05) is 20.0 Å². The van der Waals surface area contributed by atoms with Gasteiger partial charge in [0, 0.05) is 0 Å². The SMILES string of the molecule is C[O][Ti]([CH3])([CH2]C(C)SCCc1ccncc1)[O]C. The van der Waals surface area contributed by atoms with Crippen molar-refractivity contribution in [3.8, 4) is 0 Å². The molecule has 1 atom stereocenters. The van der Waals surface area contributed by atoms with Gasteiger partial charge in [0.2, 0.25) is 0 Å². The van der Waals surface area contributed by atoms with Crippen LogP contribution in [0.4, 0.5) is 0 Å². The van der Waals surface area contributed by atoms with Gasteiger partial charge in [0.1, 0.15) is 0 Å². The Kier molecular flexibility index (Phi) is 7.50. The standard InChI is InChI=1S/C10H14NS.2CH3O.CH3.Ti/c1-9(2)12-8-5-10-3-6-11-7-4-10;2*1-2;;/h3-4,6-7,9H,1,5,8H2,2H3;2*1H3;1H3;/q;2*-1;;+2. The summed E-state index contributed by atoms with van der Waals surface area (Å²) in [6, 6.07) is 4.16. The van der Waals surface area contributed by atoms with Gasteiger partial charge < -0.3 is 0 Å². The van der Waals surface area contributed by atoms with Crippen molar-refractivity contribution in [3.05, 3.63) is 30.1 Å². The van der Waals surface area contributed by atoms with E-state index in [1.165, 1.54) is 5.56 Å². The summed E-state index contributed by atoms with van der Waals surface area (Å²) in [5, 5.41) is 2.76. The summed E-state index contributed by atoms with van der Waals surface area (Å²) in [5.41, 5.74) is 1.35. The second-order valence-corrected chi connectivity index (χ2v) is 11.5. The van der Waals surface area contributed by atoms with Crippen LogP contribution in [0.2, 0.25) is 9.95 Å². The summed E-state index contributed by atoms with van der Waals surface area (Å²) < 4.78 is 12.2. The van der Waals surface area contributed by atoms with Crippen LogP contribution in [0, 0.1) is 0 Å². The molecule has 1 aromatic rings. The predicted octanol–water partition coefficient (Wildman–Crippen LogP) is 3.49. The van der Waals surface area contributed by atoms with Crippen molar-refractivity contribution in [1.82, 2.24) is 4.98 Å². The van der Waals surface area contributed by atoms with Gasteiger partial charge in [-0.05, 0) is 0 Å². The molecule has 0 aliphatic rings. The van der Waals surface area contributed by atoms with Crippen LogP contribution >= 0.6 is 11.8 Å². The number of hydrogen-bond acceptors (Lipinski definition) is 4. The fourth-order valence-electron chi connectivity index (χ4n) is 1.76. The Morgan fingerprint density at radius 3 is 2.44 bits per heavy atom. The van der Waals surface area contributed by atoms with E-state index in [0.29, 0.717) is 5.25 Å². The molecule has 0 saturated carbocycles. The quantitative estimate of drug-likeness (QED) is 0.688. The van der Waals surface area contributed by atoms with Gasteiger partial charge in [0.05, 0.1) is 0 Å². The first-order valence-corrected chi connectivity index (χ1v) is 11.2. The van der Waals surface area contributed by atoms with Crippen LogP contribution in [0.15, 0.2) is 24.5 Å². The van der Waals surface area contributed by atoms with Gasteiger partial charge in [-0.25, -0.2) is 0 Å². The zero-order chi connectivity index (χ0) is 13.4. The molecule has 0 aromatic carbocycles. The van der Waals surface area contributed by atoms with Gasteiger partial charge in [-0.2, -0.15) is 0 Å². The van der Waals surface area contributed by atoms with Crippen LogP contribution < -0.4 is 0 Å². The van der Waals surface area contributed by atoms with Crippen LogP contribution in [0.25, 0.3) is 0 Å². The van der Waals surface area contributed by atoms with Crippen molar-refractivity contribution in [2.45, 2.75) is 28.5 Å². The molecule has 1 unspecified atom stereocenters. The Bertz CT molecular complexity index is 333.